The summed E-state index contributed by atoms with van der Waals surface area (Å²) in [6.45, 7) is 7.01. The lowest BCUT2D eigenvalue weighted by Gasteiger charge is -2.43. The van der Waals surface area contributed by atoms with Crippen molar-refractivity contribution in [1.29, 1.82) is 0 Å². The van der Waals surface area contributed by atoms with E-state index < -0.39 is 23.8 Å². The summed E-state index contributed by atoms with van der Waals surface area (Å²) in [6.07, 6.45) is -1.57. The van der Waals surface area contributed by atoms with E-state index in [1.165, 1.54) is 9.80 Å². The van der Waals surface area contributed by atoms with Crippen LogP contribution in [0.2, 0.25) is 0 Å². The maximum Gasteiger partial charge on any atom is 0.410 e. The second-order valence-electron chi connectivity index (χ2n) is 5.75. The fourth-order valence-corrected chi connectivity index (χ4v) is 2.00. The zero-order valence-electron chi connectivity index (χ0n) is 11.8. The molecule has 7 nitrogen and oxygen atoms in total. The van der Waals surface area contributed by atoms with E-state index >= 15 is 0 Å². The minimum atomic E-state index is -1.05. The van der Waals surface area contributed by atoms with Gasteiger partial charge in [-0.3, -0.25) is 4.90 Å². The van der Waals surface area contributed by atoms with Crippen molar-refractivity contribution in [2.24, 2.45) is 0 Å². The Morgan fingerprint density at radius 3 is 2.26 bits per heavy atom. The van der Waals surface area contributed by atoms with E-state index in [0.717, 1.165) is 0 Å². The minimum Gasteiger partial charge on any atom is -0.465 e. The van der Waals surface area contributed by atoms with Crippen LogP contribution in [0.15, 0.2) is 0 Å². The van der Waals surface area contributed by atoms with Crippen molar-refractivity contribution in [3.05, 3.63) is 0 Å². The minimum absolute atomic E-state index is 0.0895. The lowest BCUT2D eigenvalue weighted by molar-refractivity contribution is -0.0208. The predicted molar refractivity (Wildman–Crippen MR) is 68.0 cm³/mol. The van der Waals surface area contributed by atoms with Gasteiger partial charge < -0.3 is 19.8 Å². The standard InChI is InChI=1S/C12H22N2O5/c1-8-5-14(11(18)19-12(2,3)4)9(7-15)6-13(8)10(16)17/h8-9,15H,5-7H2,1-4H3,(H,16,17)/t8-,9-/m1/s1. The summed E-state index contributed by atoms with van der Waals surface area (Å²) in [6, 6.07) is -0.894. The summed E-state index contributed by atoms with van der Waals surface area (Å²) >= 11 is 0. The Kier molecular flexibility index (Phi) is 4.62. The van der Waals surface area contributed by atoms with Crippen LogP contribution in [0.25, 0.3) is 0 Å². The zero-order chi connectivity index (χ0) is 14.8. The largest absolute Gasteiger partial charge is 0.465 e. The molecule has 0 aromatic carbocycles. The van der Waals surface area contributed by atoms with Crippen LogP contribution in [-0.4, -0.2) is 69.6 Å². The van der Waals surface area contributed by atoms with E-state index in [2.05, 4.69) is 0 Å². The topological polar surface area (TPSA) is 90.3 Å². The first kappa shape index (κ1) is 15.6. The number of hydrogen-bond acceptors (Lipinski definition) is 4. The molecule has 0 aliphatic carbocycles. The van der Waals surface area contributed by atoms with E-state index in [1.807, 2.05) is 0 Å². The highest BCUT2D eigenvalue weighted by molar-refractivity contribution is 5.70. The van der Waals surface area contributed by atoms with E-state index in [1.54, 1.807) is 27.7 Å². The molecule has 2 N–H and O–H groups in total. The van der Waals surface area contributed by atoms with Crippen molar-refractivity contribution in [1.82, 2.24) is 9.80 Å². The number of hydrogen-bond donors (Lipinski definition) is 2. The number of aliphatic hydroxyl groups is 1. The molecule has 0 radical (unpaired) electrons. The fraction of sp³-hybridized carbons (Fsp3) is 0.833. The molecule has 0 spiro atoms. The van der Waals surface area contributed by atoms with Crippen molar-refractivity contribution in [3.8, 4) is 0 Å². The second-order valence-corrected chi connectivity index (χ2v) is 5.75. The highest BCUT2D eigenvalue weighted by Gasteiger charge is 2.38. The number of nitrogens with zero attached hydrogens (tertiary/aromatic N) is 2. The third kappa shape index (κ3) is 3.99. The highest BCUT2D eigenvalue weighted by Crippen LogP contribution is 2.19. The van der Waals surface area contributed by atoms with E-state index in [4.69, 9.17) is 9.84 Å². The molecule has 1 rings (SSSR count). The number of carbonyl (C=O) groups excluding carboxylic acids is 1. The number of carbonyl (C=O) groups is 2. The number of rotatable bonds is 1. The van der Waals surface area contributed by atoms with Gasteiger partial charge in [0.1, 0.15) is 5.60 Å². The predicted octanol–water partition coefficient (Wildman–Crippen LogP) is 0.967. The summed E-state index contributed by atoms with van der Waals surface area (Å²) in [5, 5.41) is 18.4. The van der Waals surface area contributed by atoms with Crippen LogP contribution < -0.4 is 0 Å². The average molecular weight is 274 g/mol. The maximum atomic E-state index is 12.0. The molecule has 19 heavy (non-hydrogen) atoms. The second kappa shape index (κ2) is 5.64. The zero-order valence-corrected chi connectivity index (χ0v) is 11.8. The Balaban J connectivity index is 2.79. The van der Waals surface area contributed by atoms with Gasteiger partial charge in [0.2, 0.25) is 0 Å². The van der Waals surface area contributed by atoms with Crippen LogP contribution in [0.5, 0.6) is 0 Å². The quantitative estimate of drug-likeness (QED) is 0.743. The molecule has 0 saturated carbocycles. The Morgan fingerprint density at radius 2 is 1.84 bits per heavy atom. The van der Waals surface area contributed by atoms with Crippen LogP contribution in [0, 0.1) is 0 Å². The Labute approximate surface area is 112 Å². The smallest absolute Gasteiger partial charge is 0.410 e. The number of ether oxygens (including phenoxy) is 1. The van der Waals surface area contributed by atoms with Crippen LogP contribution in [0.3, 0.4) is 0 Å². The molecule has 110 valence electrons. The summed E-state index contributed by atoms with van der Waals surface area (Å²) in [4.78, 5) is 25.7. The summed E-state index contributed by atoms with van der Waals surface area (Å²) < 4.78 is 5.26. The molecule has 2 atom stereocenters. The van der Waals surface area contributed by atoms with E-state index in [0.29, 0.717) is 0 Å². The van der Waals surface area contributed by atoms with E-state index in [-0.39, 0.29) is 25.7 Å². The monoisotopic (exact) mass is 274 g/mol. The van der Waals surface area contributed by atoms with Crippen molar-refractivity contribution in [3.63, 3.8) is 0 Å². The third-order valence-corrected chi connectivity index (χ3v) is 2.93. The van der Waals surface area contributed by atoms with Gasteiger partial charge in [-0.25, -0.2) is 9.59 Å². The SMILES string of the molecule is C[C@@H]1CN(C(=O)OC(C)(C)C)[C@@H](CO)CN1C(=O)O. The molecule has 2 amide bonds. The van der Waals surface area contributed by atoms with Gasteiger partial charge in [-0.2, -0.15) is 0 Å². The first-order chi connectivity index (χ1) is 8.65. The molecule has 1 aliphatic heterocycles. The van der Waals surface area contributed by atoms with Crippen LogP contribution in [-0.2, 0) is 4.74 Å². The molecule has 1 saturated heterocycles. The van der Waals surface area contributed by atoms with Gasteiger partial charge >= 0.3 is 12.2 Å². The third-order valence-electron chi connectivity index (χ3n) is 2.93. The number of amides is 2. The number of aliphatic hydroxyl groups excluding tert-OH is 1. The molecule has 1 fully saturated rings. The molecule has 0 aromatic heterocycles. The van der Waals surface area contributed by atoms with Gasteiger partial charge in [0.05, 0.1) is 18.7 Å². The summed E-state index contributed by atoms with van der Waals surface area (Å²) in [7, 11) is 0. The first-order valence-corrected chi connectivity index (χ1v) is 6.25. The molecule has 1 heterocycles. The lowest BCUT2D eigenvalue weighted by Crippen LogP contribution is -2.61. The fourth-order valence-electron chi connectivity index (χ4n) is 2.00. The molecule has 7 heteroatoms. The lowest BCUT2D eigenvalue weighted by atomic mass is 10.1. The van der Waals surface area contributed by atoms with Gasteiger partial charge in [-0.1, -0.05) is 0 Å². The van der Waals surface area contributed by atoms with Crippen molar-refractivity contribution >= 4 is 12.2 Å². The Hall–Kier alpha value is -1.50. The summed E-state index contributed by atoms with van der Waals surface area (Å²) in [5.74, 6) is 0. The van der Waals surface area contributed by atoms with Crippen molar-refractivity contribution in [2.75, 3.05) is 19.7 Å². The average Bonchev–Trinajstić information content (AvgIpc) is 2.25. The summed E-state index contributed by atoms with van der Waals surface area (Å²) in [5.41, 5.74) is -0.621. The highest BCUT2D eigenvalue weighted by atomic mass is 16.6. The molecule has 0 unspecified atom stereocenters. The molecule has 0 aromatic rings. The molecular weight excluding hydrogens is 252 g/mol. The van der Waals surface area contributed by atoms with Gasteiger partial charge in [-0.05, 0) is 27.7 Å². The molecule has 1 aliphatic rings. The van der Waals surface area contributed by atoms with Crippen LogP contribution >= 0.6 is 0 Å². The number of piperazine rings is 1. The van der Waals surface area contributed by atoms with Crippen molar-refractivity contribution in [2.45, 2.75) is 45.4 Å². The molecule has 0 bridgehead atoms. The first-order valence-electron chi connectivity index (χ1n) is 6.25. The maximum absolute atomic E-state index is 12.0. The molecular formula is C12H22N2O5. The number of carboxylic acid groups (broad SMARTS) is 1. The normalized spacial score (nSPS) is 24.3. The van der Waals surface area contributed by atoms with Gasteiger partial charge in [0, 0.05) is 13.1 Å². The van der Waals surface area contributed by atoms with Crippen LogP contribution in [0.1, 0.15) is 27.7 Å². The van der Waals surface area contributed by atoms with Crippen molar-refractivity contribution < 1.29 is 24.5 Å². The van der Waals surface area contributed by atoms with Gasteiger partial charge in [-0.15, -0.1) is 0 Å². The van der Waals surface area contributed by atoms with Crippen LogP contribution in [0.4, 0.5) is 9.59 Å². The Bertz CT molecular complexity index is 353. The van der Waals surface area contributed by atoms with Gasteiger partial charge in [0.25, 0.3) is 0 Å². The van der Waals surface area contributed by atoms with Gasteiger partial charge in [0.15, 0.2) is 0 Å². The Morgan fingerprint density at radius 1 is 1.26 bits per heavy atom. The van der Waals surface area contributed by atoms with E-state index in [9.17, 15) is 14.7 Å².